The molecule has 0 saturated heterocycles. The molecule has 0 bridgehead atoms. The number of hydrogen-bond donors (Lipinski definition) is 0. The molecule has 0 N–H and O–H groups in total. The van der Waals surface area contributed by atoms with Gasteiger partial charge in [0, 0.05) is 38.0 Å². The van der Waals surface area contributed by atoms with Gasteiger partial charge in [0.25, 0.3) is 0 Å². The van der Waals surface area contributed by atoms with Crippen molar-refractivity contribution in [3.05, 3.63) is 86.7 Å². The number of nitrogens with zero attached hydrogens (tertiary/aromatic N) is 2. The number of ketones is 1. The molecule has 3 aromatic carbocycles. The van der Waals surface area contributed by atoms with E-state index in [0.717, 1.165) is 40.2 Å². The van der Waals surface area contributed by atoms with Gasteiger partial charge in [-0.25, -0.2) is 0 Å². The van der Waals surface area contributed by atoms with Crippen molar-refractivity contribution in [3.8, 4) is 29.4 Å². The molecule has 0 amide bonds. The molecule has 2 saturated carbocycles. The third kappa shape index (κ3) is 21.7. The zero-order valence-corrected chi connectivity index (χ0v) is 51.1. The second-order valence-electron chi connectivity index (χ2n) is 21.3. The van der Waals surface area contributed by atoms with Crippen molar-refractivity contribution in [2.45, 2.75) is 166 Å². The smallest absolute Gasteiger partial charge is 0.314 e. The summed E-state index contributed by atoms with van der Waals surface area (Å²) in [5, 5.41) is 19.5. The van der Waals surface area contributed by atoms with Crippen molar-refractivity contribution in [2.24, 2.45) is 23.7 Å². The molecule has 6 rings (SSSR count). The Morgan fingerprint density at radius 2 is 0.920 bits per heavy atom. The maximum absolute atomic E-state index is 13.8. The number of hydrogen-bond acceptors (Lipinski definition) is 23. The first-order chi connectivity index (χ1) is 41.7. The van der Waals surface area contributed by atoms with Gasteiger partial charge in [0.05, 0.1) is 70.7 Å². The van der Waals surface area contributed by atoms with E-state index in [1.165, 1.54) is 0 Å². The van der Waals surface area contributed by atoms with Crippen LogP contribution < -0.4 is 14.2 Å². The molecule has 3 aliphatic rings. The van der Waals surface area contributed by atoms with Crippen LogP contribution in [0.15, 0.2) is 74.2 Å². The lowest BCUT2D eigenvalue weighted by molar-refractivity contribution is -0.158. The first-order valence-corrected chi connectivity index (χ1v) is 30.8. The largest absolute Gasteiger partial charge is 0.465 e. The lowest BCUT2D eigenvalue weighted by Gasteiger charge is -2.27. The SMILES string of the molecule is CCC(=O)OC(C)COC(=O)CCC(=O)OCCc1ccc(CC(=O)C2CCC(C(=O)Oc3cc(C)c(OC(=O)C4CCC(C(=O)Oc5ccc(CCOC(=O)CCC(=O)OCC(C)OC(=O)CC)cc5)CC4)c4c3SC(=C(C#N)C#N)S4)CC2)cc1. The maximum Gasteiger partial charge on any atom is 0.314 e. The summed E-state index contributed by atoms with van der Waals surface area (Å²) in [5.41, 5.74) is 2.85. The molecule has 87 heavy (non-hydrogen) atoms. The minimum Gasteiger partial charge on any atom is -0.465 e. The highest BCUT2D eigenvalue weighted by Crippen LogP contribution is 2.60. The summed E-state index contributed by atoms with van der Waals surface area (Å²) in [7, 11) is 0. The topological polar surface area (TPSA) is 301 Å². The Kier molecular flexibility index (Phi) is 26.9. The van der Waals surface area contributed by atoms with Gasteiger partial charge in [-0.3, -0.25) is 47.9 Å². The summed E-state index contributed by atoms with van der Waals surface area (Å²) in [6.07, 6.45) is 2.79. The van der Waals surface area contributed by atoms with E-state index in [1.54, 1.807) is 65.0 Å². The van der Waals surface area contributed by atoms with E-state index in [0.29, 0.717) is 89.5 Å². The van der Waals surface area contributed by atoms with E-state index in [9.17, 15) is 58.5 Å². The van der Waals surface area contributed by atoms with E-state index in [2.05, 4.69) is 0 Å². The highest BCUT2D eigenvalue weighted by Gasteiger charge is 2.37. The van der Waals surface area contributed by atoms with Crippen LogP contribution in [0, 0.1) is 53.3 Å². The van der Waals surface area contributed by atoms with Gasteiger partial charge in [0.1, 0.15) is 66.2 Å². The van der Waals surface area contributed by atoms with Crippen LogP contribution in [0.2, 0.25) is 0 Å². The number of rotatable bonds is 29. The van der Waals surface area contributed by atoms with Crippen molar-refractivity contribution in [1.29, 1.82) is 10.5 Å². The number of benzene rings is 3. The summed E-state index contributed by atoms with van der Waals surface area (Å²) in [6, 6.07) is 19.6. The van der Waals surface area contributed by atoms with Crippen LogP contribution in [-0.4, -0.2) is 98.1 Å². The number of allylic oxidation sites excluding steroid dienone is 1. The molecular weight excluding hydrogens is 1160 g/mol. The minimum atomic E-state index is -0.615. The molecular formula is C64H72N2O19S2. The van der Waals surface area contributed by atoms with Crippen molar-refractivity contribution < 1.29 is 90.6 Å². The monoisotopic (exact) mass is 1240 g/mol. The zero-order valence-electron chi connectivity index (χ0n) is 49.5. The molecule has 1 aliphatic heterocycles. The van der Waals surface area contributed by atoms with Gasteiger partial charge in [-0.1, -0.05) is 73.8 Å². The predicted molar refractivity (Wildman–Crippen MR) is 312 cm³/mol. The van der Waals surface area contributed by atoms with E-state index in [1.807, 2.05) is 36.4 Å². The average molecular weight is 1240 g/mol. The van der Waals surface area contributed by atoms with Crippen LogP contribution in [0.3, 0.4) is 0 Å². The number of fused-ring (bicyclic) bond motifs is 1. The molecule has 2 aliphatic carbocycles. The summed E-state index contributed by atoms with van der Waals surface area (Å²) in [4.78, 5) is 126. The number of esters is 9. The third-order valence-electron chi connectivity index (χ3n) is 14.6. The molecule has 0 radical (unpaired) electrons. The number of thioether (sulfide) groups is 2. The van der Waals surface area contributed by atoms with Crippen LogP contribution in [0.1, 0.15) is 140 Å². The molecule has 2 fully saturated rings. The van der Waals surface area contributed by atoms with Gasteiger partial charge >= 0.3 is 53.7 Å². The summed E-state index contributed by atoms with van der Waals surface area (Å²) in [5.74, 6) is -5.56. The van der Waals surface area contributed by atoms with Crippen LogP contribution in [0.5, 0.6) is 17.2 Å². The van der Waals surface area contributed by atoms with Gasteiger partial charge in [-0.05, 0) is 113 Å². The van der Waals surface area contributed by atoms with Gasteiger partial charge in [0.15, 0.2) is 0 Å². The van der Waals surface area contributed by atoms with Crippen LogP contribution in [0.4, 0.5) is 0 Å². The van der Waals surface area contributed by atoms with Crippen LogP contribution in [0.25, 0.3) is 0 Å². The number of Topliss-reactive ketones (excluding diaryl/α,β-unsaturated/α-hetero) is 1. The molecule has 464 valence electrons. The van der Waals surface area contributed by atoms with Crippen molar-refractivity contribution in [1.82, 2.24) is 0 Å². The first-order valence-electron chi connectivity index (χ1n) is 29.2. The van der Waals surface area contributed by atoms with Crippen molar-refractivity contribution >= 4 is 83.0 Å². The molecule has 0 aromatic heterocycles. The normalized spacial score (nSPS) is 17.5. The summed E-state index contributed by atoms with van der Waals surface area (Å²) >= 11 is 2.15. The van der Waals surface area contributed by atoms with E-state index >= 15 is 0 Å². The molecule has 2 unspecified atom stereocenters. The fraction of sp³-hybridized carbons (Fsp3) is 0.500. The van der Waals surface area contributed by atoms with E-state index in [4.69, 9.17) is 42.6 Å². The van der Waals surface area contributed by atoms with Gasteiger partial charge in [-0.15, -0.1) is 0 Å². The second kappa shape index (κ2) is 34.4. The highest BCUT2D eigenvalue weighted by atomic mass is 32.2. The number of aryl methyl sites for hydroxylation is 1. The summed E-state index contributed by atoms with van der Waals surface area (Å²) in [6.45, 7) is 8.15. The first kappa shape index (κ1) is 68.1. The van der Waals surface area contributed by atoms with E-state index in [-0.39, 0.29) is 100 Å². The molecule has 2 atom stereocenters. The second-order valence-corrected chi connectivity index (χ2v) is 23.6. The molecule has 21 nitrogen and oxygen atoms in total. The molecule has 0 spiro atoms. The van der Waals surface area contributed by atoms with Crippen molar-refractivity contribution in [2.75, 3.05) is 26.4 Å². The molecule has 1 heterocycles. The Balaban J connectivity index is 0.914. The quantitative estimate of drug-likeness (QED) is 0.0270. The molecule has 23 heteroatoms. The predicted octanol–water partition coefficient (Wildman–Crippen LogP) is 9.79. The molecule has 3 aromatic rings. The zero-order chi connectivity index (χ0) is 63.0. The van der Waals surface area contributed by atoms with E-state index < -0.39 is 83.7 Å². The Morgan fingerprint density at radius 3 is 1.38 bits per heavy atom. The van der Waals surface area contributed by atoms with Crippen LogP contribution in [-0.2, 0) is 95.6 Å². The number of carbonyl (C=O) groups is 10. The fourth-order valence-electron chi connectivity index (χ4n) is 9.59. The van der Waals surface area contributed by atoms with Gasteiger partial charge in [-0.2, -0.15) is 10.5 Å². The fourth-order valence-corrected chi connectivity index (χ4v) is 12.1. The maximum atomic E-state index is 13.8. The Morgan fingerprint density at radius 1 is 0.517 bits per heavy atom. The lowest BCUT2D eigenvalue weighted by atomic mass is 9.79. The number of ether oxygens (including phenoxy) is 9. The number of nitriles is 2. The minimum absolute atomic E-state index is 0.0569. The Bertz CT molecular complexity index is 3090. The van der Waals surface area contributed by atoms with Gasteiger partial charge in [0.2, 0.25) is 0 Å². The van der Waals surface area contributed by atoms with Gasteiger partial charge < -0.3 is 42.6 Å². The summed E-state index contributed by atoms with van der Waals surface area (Å²) < 4.78 is 48.9. The van der Waals surface area contributed by atoms with Crippen molar-refractivity contribution in [3.63, 3.8) is 0 Å². The Labute approximate surface area is 513 Å². The Hall–Kier alpha value is -8.02. The standard InChI is InChI=1S/C64H72N2O19S2/c1-6-52(68)81-39(4)36-79-56(72)26-24-54(70)77-30-28-41-8-10-43(11-9-41)33-50(67)44-14-16-46(17-15-44)62(75)84-51-32-38(3)58(60-59(51)86-64(87-60)48(34-65)35-66)85-63(76)47-20-18-45(19-21-47)61(74)83-49-22-12-42(13-23-49)29-31-78-55(71)25-27-57(73)80-37-40(5)82-53(69)7-2/h8-13,22-23,32,39-40,44-47H,6-7,14-21,24-31,33,36-37H2,1-5H3. The highest BCUT2D eigenvalue weighted by molar-refractivity contribution is 8.24. The third-order valence-corrected chi connectivity index (χ3v) is 17.2. The van der Waals surface area contributed by atoms with Crippen LogP contribution >= 0.6 is 23.5 Å². The average Bonchev–Trinajstić information content (AvgIpc) is 1.85. The number of carbonyl (C=O) groups excluding carboxylic acids is 10. The lowest BCUT2D eigenvalue weighted by Crippen LogP contribution is -2.30.